The average Bonchev–Trinajstić information content (AvgIpc) is 2.86. The highest BCUT2D eigenvalue weighted by Gasteiger charge is 2.18. The Balaban J connectivity index is 1.98. The first-order valence-electron chi connectivity index (χ1n) is 7.08. The number of benzene rings is 1. The van der Waals surface area contributed by atoms with E-state index < -0.39 is 0 Å². The maximum absolute atomic E-state index is 6.32. The smallest absolute Gasteiger partial charge is 0.0462 e. The lowest BCUT2D eigenvalue weighted by atomic mass is 10.1. The molecule has 0 aliphatic carbocycles. The van der Waals surface area contributed by atoms with Crippen LogP contribution in [0.15, 0.2) is 22.7 Å². The highest BCUT2D eigenvalue weighted by Crippen LogP contribution is 2.23. The second-order valence-electron chi connectivity index (χ2n) is 5.26. The van der Waals surface area contributed by atoms with Gasteiger partial charge in [0.25, 0.3) is 0 Å². The second-order valence-corrected chi connectivity index (χ2v) is 6.59. The highest BCUT2D eigenvalue weighted by molar-refractivity contribution is 9.10. The molecule has 2 nitrogen and oxygen atoms in total. The van der Waals surface area contributed by atoms with E-state index in [0.29, 0.717) is 6.04 Å². The predicted octanol–water partition coefficient (Wildman–Crippen LogP) is 4.07. The number of hydrogen-bond donors (Lipinski definition) is 1. The van der Waals surface area contributed by atoms with E-state index in [1.54, 1.807) is 0 Å². The van der Waals surface area contributed by atoms with Gasteiger partial charge < -0.3 is 5.32 Å². The summed E-state index contributed by atoms with van der Waals surface area (Å²) in [6.45, 7) is 6.60. The van der Waals surface area contributed by atoms with Gasteiger partial charge in [-0.15, -0.1) is 0 Å². The van der Waals surface area contributed by atoms with Crippen molar-refractivity contribution in [3.63, 3.8) is 0 Å². The van der Waals surface area contributed by atoms with Crippen molar-refractivity contribution in [2.45, 2.75) is 38.8 Å². The Morgan fingerprint density at radius 2 is 2.32 bits per heavy atom. The summed E-state index contributed by atoms with van der Waals surface area (Å²) in [6.07, 6.45) is 3.79. The maximum atomic E-state index is 6.32. The first-order valence-corrected chi connectivity index (χ1v) is 8.26. The zero-order valence-electron chi connectivity index (χ0n) is 11.5. The lowest BCUT2D eigenvalue weighted by Gasteiger charge is -2.25. The van der Waals surface area contributed by atoms with Crippen molar-refractivity contribution in [1.82, 2.24) is 10.2 Å². The van der Waals surface area contributed by atoms with Gasteiger partial charge in [0.15, 0.2) is 0 Å². The van der Waals surface area contributed by atoms with Crippen molar-refractivity contribution in [3.8, 4) is 0 Å². The molecule has 1 aromatic rings. The van der Waals surface area contributed by atoms with Crippen LogP contribution in [0.4, 0.5) is 0 Å². The fourth-order valence-electron chi connectivity index (χ4n) is 2.67. The van der Waals surface area contributed by atoms with E-state index in [0.717, 1.165) is 29.1 Å². The molecule has 0 radical (unpaired) electrons. The van der Waals surface area contributed by atoms with Crippen molar-refractivity contribution >= 4 is 27.5 Å². The molecule has 1 aromatic carbocycles. The lowest BCUT2D eigenvalue weighted by Crippen LogP contribution is -2.37. The van der Waals surface area contributed by atoms with Crippen LogP contribution >= 0.6 is 27.5 Å². The third kappa shape index (κ3) is 4.75. The summed E-state index contributed by atoms with van der Waals surface area (Å²) in [5.41, 5.74) is 1.22. The number of nitrogens with zero attached hydrogens (tertiary/aromatic N) is 1. The van der Waals surface area contributed by atoms with Crippen LogP contribution in [0.2, 0.25) is 5.02 Å². The molecule has 1 unspecified atom stereocenters. The molecule has 1 aliphatic heterocycles. The van der Waals surface area contributed by atoms with Crippen molar-refractivity contribution < 1.29 is 0 Å². The molecule has 1 atom stereocenters. The first kappa shape index (κ1) is 15.3. The van der Waals surface area contributed by atoms with Crippen LogP contribution in [0.1, 0.15) is 31.7 Å². The number of hydrogen-bond acceptors (Lipinski definition) is 2. The van der Waals surface area contributed by atoms with Gasteiger partial charge in [0.2, 0.25) is 0 Å². The van der Waals surface area contributed by atoms with Crippen LogP contribution < -0.4 is 5.32 Å². The minimum absolute atomic E-state index is 0.653. The minimum atomic E-state index is 0.653. The van der Waals surface area contributed by atoms with Crippen LogP contribution in [0, 0.1) is 0 Å². The Bertz CT molecular complexity index is 405. The molecule has 2 rings (SSSR count). The average molecular weight is 346 g/mol. The molecular weight excluding hydrogens is 324 g/mol. The normalized spacial score (nSPS) is 19.3. The van der Waals surface area contributed by atoms with Crippen LogP contribution in [0.25, 0.3) is 0 Å². The van der Waals surface area contributed by atoms with Gasteiger partial charge in [-0.3, -0.25) is 4.90 Å². The molecule has 0 aromatic heterocycles. The predicted molar refractivity (Wildman–Crippen MR) is 85.7 cm³/mol. The fourth-order valence-corrected chi connectivity index (χ4v) is 3.40. The Morgan fingerprint density at radius 1 is 1.47 bits per heavy atom. The molecule has 1 aliphatic rings. The van der Waals surface area contributed by atoms with Crippen molar-refractivity contribution in [2.75, 3.05) is 19.6 Å². The number of nitrogens with one attached hydrogen (secondary N) is 1. The summed E-state index contributed by atoms with van der Waals surface area (Å²) < 4.78 is 1.04. The monoisotopic (exact) mass is 344 g/mol. The standard InChI is InChI=1S/C15H22BrClN2/c1-2-8-19(11-14-4-3-7-18-14)10-12-5-6-13(16)9-15(12)17/h5-6,9,14,18H,2-4,7-8,10-11H2,1H3. The van der Waals surface area contributed by atoms with E-state index in [1.807, 2.05) is 6.07 Å². The summed E-state index contributed by atoms with van der Waals surface area (Å²) in [7, 11) is 0. The number of halogens is 2. The number of rotatable bonds is 6. The van der Waals surface area contributed by atoms with E-state index >= 15 is 0 Å². The topological polar surface area (TPSA) is 15.3 Å². The van der Waals surface area contributed by atoms with Gasteiger partial charge >= 0.3 is 0 Å². The Kier molecular flexibility index (Phi) is 6.14. The third-order valence-electron chi connectivity index (χ3n) is 3.59. The molecule has 0 saturated carbocycles. The van der Waals surface area contributed by atoms with Crippen LogP contribution in [0.5, 0.6) is 0 Å². The molecule has 106 valence electrons. The lowest BCUT2D eigenvalue weighted by molar-refractivity contribution is 0.241. The van der Waals surface area contributed by atoms with Gasteiger partial charge in [0.05, 0.1) is 0 Å². The SMILES string of the molecule is CCCN(Cc1ccc(Br)cc1Cl)CC1CCCN1. The van der Waals surface area contributed by atoms with Gasteiger partial charge in [-0.05, 0) is 50.0 Å². The summed E-state index contributed by atoms with van der Waals surface area (Å²) in [4.78, 5) is 2.51. The molecule has 19 heavy (non-hydrogen) atoms. The van der Waals surface area contributed by atoms with E-state index in [4.69, 9.17) is 11.6 Å². The molecular formula is C15H22BrClN2. The van der Waals surface area contributed by atoms with Crippen molar-refractivity contribution in [1.29, 1.82) is 0 Å². The van der Waals surface area contributed by atoms with Crippen LogP contribution in [-0.2, 0) is 6.54 Å². The van der Waals surface area contributed by atoms with Gasteiger partial charge in [0, 0.05) is 28.6 Å². The molecule has 1 heterocycles. The van der Waals surface area contributed by atoms with E-state index in [1.165, 1.54) is 31.4 Å². The van der Waals surface area contributed by atoms with E-state index in [-0.39, 0.29) is 0 Å². The van der Waals surface area contributed by atoms with Crippen LogP contribution in [0.3, 0.4) is 0 Å². The summed E-state index contributed by atoms with van der Waals surface area (Å²) in [6, 6.07) is 6.83. The van der Waals surface area contributed by atoms with E-state index in [9.17, 15) is 0 Å². The first-order chi connectivity index (χ1) is 9.19. The second kappa shape index (κ2) is 7.63. The Morgan fingerprint density at radius 3 is 2.95 bits per heavy atom. The summed E-state index contributed by atoms with van der Waals surface area (Å²) >= 11 is 9.77. The Hall–Kier alpha value is -0.0900. The zero-order valence-corrected chi connectivity index (χ0v) is 13.8. The maximum Gasteiger partial charge on any atom is 0.0462 e. The van der Waals surface area contributed by atoms with Gasteiger partial charge in [-0.2, -0.15) is 0 Å². The quantitative estimate of drug-likeness (QED) is 0.836. The largest absolute Gasteiger partial charge is 0.313 e. The molecule has 1 N–H and O–H groups in total. The molecule has 0 bridgehead atoms. The van der Waals surface area contributed by atoms with Gasteiger partial charge in [0.1, 0.15) is 0 Å². The molecule has 0 spiro atoms. The van der Waals surface area contributed by atoms with Crippen molar-refractivity contribution in [3.05, 3.63) is 33.3 Å². The molecule has 0 amide bonds. The summed E-state index contributed by atoms with van der Waals surface area (Å²) in [5.74, 6) is 0. The van der Waals surface area contributed by atoms with Gasteiger partial charge in [-0.25, -0.2) is 0 Å². The molecule has 1 fully saturated rings. The van der Waals surface area contributed by atoms with Gasteiger partial charge in [-0.1, -0.05) is 40.5 Å². The summed E-state index contributed by atoms with van der Waals surface area (Å²) in [5, 5.41) is 4.43. The van der Waals surface area contributed by atoms with E-state index in [2.05, 4.69) is 45.2 Å². The highest BCUT2D eigenvalue weighted by atomic mass is 79.9. The molecule has 1 saturated heterocycles. The van der Waals surface area contributed by atoms with Crippen LogP contribution in [-0.4, -0.2) is 30.6 Å². The van der Waals surface area contributed by atoms with Crippen molar-refractivity contribution in [2.24, 2.45) is 0 Å². The third-order valence-corrected chi connectivity index (χ3v) is 4.43. The Labute approximate surface area is 129 Å². The minimum Gasteiger partial charge on any atom is -0.313 e. The molecule has 4 heteroatoms. The zero-order chi connectivity index (χ0) is 13.7. The fraction of sp³-hybridized carbons (Fsp3) is 0.600.